The molecule has 4 fully saturated rings. The smallest absolute Gasteiger partial charge is 0.250 e. The molecule has 1 aromatic rings. The number of carbonyl (C=O) groups excluding carboxylic acids is 3. The monoisotopic (exact) mass is 558 g/mol. The van der Waals surface area contributed by atoms with E-state index < -0.39 is 21.0 Å². The Hall–Kier alpha value is -2.46. The molecule has 0 N–H and O–H groups in total. The Morgan fingerprint density at radius 2 is 1.67 bits per heavy atom. The average molecular weight is 559 g/mol. The van der Waals surface area contributed by atoms with Crippen LogP contribution in [0.3, 0.4) is 0 Å². The summed E-state index contributed by atoms with van der Waals surface area (Å²) in [6.45, 7) is 9.84. The predicted octanol–water partition coefficient (Wildman–Crippen LogP) is 2.72. The number of hydrogen-bond donors (Lipinski definition) is 0. The number of benzene rings is 1. The van der Waals surface area contributed by atoms with Crippen molar-refractivity contribution in [3.8, 4) is 0 Å². The summed E-state index contributed by atoms with van der Waals surface area (Å²) in [5.41, 5.74) is -1.16. The van der Waals surface area contributed by atoms with E-state index in [9.17, 15) is 22.8 Å². The van der Waals surface area contributed by atoms with E-state index in [4.69, 9.17) is 0 Å². The lowest BCUT2D eigenvalue weighted by molar-refractivity contribution is -0.140. The average Bonchev–Trinajstić information content (AvgIpc) is 3.38. The first-order valence-corrected chi connectivity index (χ1v) is 15.9. The second kappa shape index (κ2) is 9.87. The zero-order valence-corrected chi connectivity index (χ0v) is 24.5. The van der Waals surface area contributed by atoms with Crippen molar-refractivity contribution >= 4 is 33.3 Å². The molecule has 0 aromatic heterocycles. The Kier molecular flexibility index (Phi) is 7.11. The molecule has 2 aliphatic carbocycles. The van der Waals surface area contributed by atoms with Crippen molar-refractivity contribution in [3.05, 3.63) is 30.3 Å². The first kappa shape index (κ1) is 28.1. The maximum absolute atomic E-state index is 14.0. The Labute approximate surface area is 232 Å². The van der Waals surface area contributed by atoms with Gasteiger partial charge in [0.05, 0.1) is 12.4 Å². The van der Waals surface area contributed by atoms with Crippen molar-refractivity contribution in [2.24, 2.45) is 16.7 Å². The van der Waals surface area contributed by atoms with Gasteiger partial charge < -0.3 is 14.7 Å². The molecule has 1 spiro atoms. The third-order valence-corrected chi connectivity index (χ3v) is 12.5. The minimum Gasteiger partial charge on any atom is -0.342 e. The van der Waals surface area contributed by atoms with E-state index in [0.717, 1.165) is 12.1 Å². The first-order chi connectivity index (χ1) is 18.4. The summed E-state index contributed by atoms with van der Waals surface area (Å²) in [4.78, 5) is 45.3. The van der Waals surface area contributed by atoms with Gasteiger partial charge in [0.1, 0.15) is 17.9 Å². The molecule has 2 atom stereocenters. The zero-order chi connectivity index (χ0) is 28.2. The lowest BCUT2D eigenvalue weighted by Crippen LogP contribution is -2.58. The molecule has 1 aromatic carbocycles. The minimum absolute atomic E-state index is 0.00842. The molecule has 0 radical (unpaired) electrons. The molecule has 2 unspecified atom stereocenters. The highest BCUT2D eigenvalue weighted by atomic mass is 32.2. The Balaban J connectivity index is 1.37. The van der Waals surface area contributed by atoms with Crippen molar-refractivity contribution in [1.29, 1.82) is 0 Å². The number of rotatable bonds is 8. The predicted molar refractivity (Wildman–Crippen MR) is 149 cm³/mol. The fourth-order valence-electron chi connectivity index (χ4n) is 7.81. The van der Waals surface area contributed by atoms with E-state index >= 15 is 0 Å². The van der Waals surface area contributed by atoms with Crippen LogP contribution in [0.15, 0.2) is 30.3 Å². The van der Waals surface area contributed by atoms with E-state index in [0.29, 0.717) is 38.8 Å². The van der Waals surface area contributed by atoms with Gasteiger partial charge in [0.15, 0.2) is 0 Å². The van der Waals surface area contributed by atoms with E-state index in [-0.39, 0.29) is 61.0 Å². The number of likely N-dealkylation sites (N-methyl/N-ethyl adjacent to an activating group) is 1. The van der Waals surface area contributed by atoms with Crippen LogP contribution in [0.25, 0.3) is 0 Å². The van der Waals surface area contributed by atoms with Crippen LogP contribution >= 0.6 is 0 Å². The fraction of sp³-hybridized carbons (Fsp3) is 0.690. The molecule has 5 rings (SSSR count). The normalized spacial score (nSPS) is 28.1. The molecule has 39 heavy (non-hydrogen) atoms. The largest absolute Gasteiger partial charge is 0.342 e. The maximum Gasteiger partial charge on any atom is 0.250 e. The number of sulfonamides is 1. The SMILES string of the molecule is CCN(CC)C(=O)CN1CN(c2ccccc2)C2(CCN(S(=O)(=O)CC34CCC(CC3=O)C4(C)C)CC2)C1=O. The van der Waals surface area contributed by atoms with Crippen LogP contribution < -0.4 is 4.90 Å². The fourth-order valence-corrected chi connectivity index (χ4v) is 10.0. The summed E-state index contributed by atoms with van der Waals surface area (Å²) in [5, 5.41) is 0. The zero-order valence-electron chi connectivity index (χ0n) is 23.7. The molecule has 2 amide bonds. The van der Waals surface area contributed by atoms with Gasteiger partial charge in [-0.1, -0.05) is 32.0 Å². The van der Waals surface area contributed by atoms with Crippen LogP contribution in [-0.2, 0) is 24.4 Å². The number of nitrogens with zero attached hydrogens (tertiary/aromatic N) is 4. The van der Waals surface area contributed by atoms with Crippen LogP contribution in [0.4, 0.5) is 5.69 Å². The summed E-state index contributed by atoms with van der Waals surface area (Å²) in [5.74, 6) is 0.00137. The third kappa shape index (κ3) is 4.29. The lowest BCUT2D eigenvalue weighted by atomic mass is 9.70. The van der Waals surface area contributed by atoms with Crippen molar-refractivity contribution in [2.75, 3.05) is 50.0 Å². The highest BCUT2D eigenvalue weighted by molar-refractivity contribution is 7.89. The van der Waals surface area contributed by atoms with Crippen molar-refractivity contribution in [3.63, 3.8) is 0 Å². The van der Waals surface area contributed by atoms with Gasteiger partial charge in [-0.2, -0.15) is 0 Å². The van der Waals surface area contributed by atoms with E-state index in [1.165, 1.54) is 4.31 Å². The number of para-hydroxylation sites is 1. The van der Waals surface area contributed by atoms with Crippen LogP contribution in [0.5, 0.6) is 0 Å². The molecule has 2 aliphatic heterocycles. The Morgan fingerprint density at radius 1 is 1.03 bits per heavy atom. The van der Waals surface area contributed by atoms with Crippen LogP contribution in [0.2, 0.25) is 0 Å². The van der Waals surface area contributed by atoms with Gasteiger partial charge >= 0.3 is 0 Å². The third-order valence-electron chi connectivity index (χ3n) is 10.5. The van der Waals surface area contributed by atoms with Gasteiger partial charge in [-0.05, 0) is 63.0 Å². The second-order valence-corrected chi connectivity index (χ2v) is 14.3. The van der Waals surface area contributed by atoms with Crippen LogP contribution in [0.1, 0.15) is 59.8 Å². The first-order valence-electron chi connectivity index (χ1n) is 14.3. The van der Waals surface area contributed by atoms with E-state index in [2.05, 4.69) is 18.7 Å². The highest BCUT2D eigenvalue weighted by Crippen LogP contribution is 2.64. The molecular formula is C29H42N4O5S. The molecule has 10 heteroatoms. The molecule has 2 saturated heterocycles. The van der Waals surface area contributed by atoms with Gasteiger partial charge in [-0.3, -0.25) is 14.4 Å². The number of carbonyl (C=O) groups is 3. The summed E-state index contributed by atoms with van der Waals surface area (Å²) >= 11 is 0. The molecule has 2 saturated carbocycles. The number of Topliss-reactive ketones (excluding diaryl/α,β-unsaturated/α-hetero) is 1. The summed E-state index contributed by atoms with van der Waals surface area (Å²) < 4.78 is 29.0. The second-order valence-electron chi connectivity index (χ2n) is 12.3. The quantitative estimate of drug-likeness (QED) is 0.487. The molecule has 2 bridgehead atoms. The molecular weight excluding hydrogens is 516 g/mol. The molecule has 4 aliphatic rings. The highest BCUT2D eigenvalue weighted by Gasteiger charge is 2.66. The van der Waals surface area contributed by atoms with E-state index in [1.54, 1.807) is 9.80 Å². The molecule has 9 nitrogen and oxygen atoms in total. The topological polar surface area (TPSA) is 98.3 Å². The van der Waals surface area contributed by atoms with Crippen molar-refractivity contribution in [2.45, 2.75) is 65.3 Å². The number of ketones is 1. The number of hydrogen-bond acceptors (Lipinski definition) is 6. The van der Waals surface area contributed by atoms with Gasteiger partial charge in [-0.15, -0.1) is 0 Å². The number of anilines is 1. The standard InChI is InChI=1S/C29H42N4O5S/c1-5-30(6-2)25(35)19-31-21-33(23-10-8-7-9-11-23)29(26(31)36)14-16-32(17-15-29)39(37,38)20-28-13-12-22(18-24(28)34)27(28,3)4/h7-11,22H,5-6,12-21H2,1-4H3. The van der Waals surface area contributed by atoms with E-state index in [1.807, 2.05) is 44.2 Å². The minimum atomic E-state index is -3.70. The number of amides is 2. The lowest BCUT2D eigenvalue weighted by Gasteiger charge is -2.44. The summed E-state index contributed by atoms with van der Waals surface area (Å²) in [7, 11) is -3.70. The Bertz CT molecular complexity index is 1240. The Morgan fingerprint density at radius 3 is 2.21 bits per heavy atom. The summed E-state index contributed by atoms with van der Waals surface area (Å²) in [6.07, 6.45) is 2.69. The molecule has 2 heterocycles. The number of piperidine rings is 1. The maximum atomic E-state index is 14.0. The summed E-state index contributed by atoms with van der Waals surface area (Å²) in [6, 6.07) is 9.68. The van der Waals surface area contributed by atoms with Gasteiger partial charge in [-0.25, -0.2) is 12.7 Å². The molecule has 214 valence electrons. The number of fused-ring (bicyclic) bond motifs is 2. The van der Waals surface area contributed by atoms with Gasteiger partial charge in [0, 0.05) is 43.7 Å². The van der Waals surface area contributed by atoms with Gasteiger partial charge in [0.2, 0.25) is 21.8 Å². The van der Waals surface area contributed by atoms with Gasteiger partial charge in [0.25, 0.3) is 0 Å². The van der Waals surface area contributed by atoms with Crippen LogP contribution in [-0.4, -0.2) is 90.8 Å². The van der Waals surface area contributed by atoms with Crippen molar-refractivity contribution < 1.29 is 22.8 Å². The van der Waals surface area contributed by atoms with Crippen LogP contribution in [0, 0.1) is 16.7 Å². The van der Waals surface area contributed by atoms with Crippen molar-refractivity contribution in [1.82, 2.24) is 14.1 Å².